The van der Waals surface area contributed by atoms with Gasteiger partial charge < -0.3 is 0 Å². The number of Topliss-reactive ketones (excluding diaryl/α,β-unsaturated/α-hetero) is 1. The van der Waals surface area contributed by atoms with Crippen LogP contribution in [0.2, 0.25) is 5.02 Å². The zero-order valence-corrected chi connectivity index (χ0v) is 10.1. The molecule has 2 atom stereocenters. The standard InChI is InChI=1S/C11H10BrClO/c1-6-5-7(6)11(14)10-8(12)3-2-4-9(10)13/h2-4,6-7H,5H2,1H3. The fourth-order valence-electron chi connectivity index (χ4n) is 1.61. The van der Waals surface area contributed by atoms with Gasteiger partial charge in [0, 0.05) is 10.4 Å². The first-order chi connectivity index (χ1) is 6.61. The highest BCUT2D eigenvalue weighted by Crippen LogP contribution is 2.42. The second-order valence-electron chi connectivity index (χ2n) is 3.78. The summed E-state index contributed by atoms with van der Waals surface area (Å²) in [5.74, 6) is 0.881. The lowest BCUT2D eigenvalue weighted by Crippen LogP contribution is -2.04. The van der Waals surface area contributed by atoms with E-state index in [0.29, 0.717) is 16.5 Å². The van der Waals surface area contributed by atoms with Crippen LogP contribution in [0.15, 0.2) is 22.7 Å². The molecule has 0 saturated heterocycles. The highest BCUT2D eigenvalue weighted by molar-refractivity contribution is 9.10. The van der Waals surface area contributed by atoms with Gasteiger partial charge in [0.1, 0.15) is 0 Å². The highest BCUT2D eigenvalue weighted by atomic mass is 79.9. The molecular weight excluding hydrogens is 263 g/mol. The Morgan fingerprint density at radius 1 is 1.57 bits per heavy atom. The molecule has 0 aliphatic heterocycles. The van der Waals surface area contributed by atoms with E-state index in [1.165, 1.54) is 0 Å². The first kappa shape index (κ1) is 10.2. The number of carbonyl (C=O) groups excluding carboxylic acids is 1. The maximum absolute atomic E-state index is 11.9. The number of rotatable bonds is 2. The van der Waals surface area contributed by atoms with Crippen molar-refractivity contribution in [2.75, 3.05) is 0 Å². The van der Waals surface area contributed by atoms with Crippen LogP contribution in [-0.4, -0.2) is 5.78 Å². The largest absolute Gasteiger partial charge is 0.294 e. The van der Waals surface area contributed by atoms with Crippen LogP contribution in [0.25, 0.3) is 0 Å². The average Bonchev–Trinajstić information content (AvgIpc) is 2.82. The van der Waals surface area contributed by atoms with Gasteiger partial charge in [-0.1, -0.05) is 24.6 Å². The third-order valence-corrected chi connectivity index (χ3v) is 3.63. The Kier molecular flexibility index (Phi) is 2.67. The highest BCUT2D eigenvalue weighted by Gasteiger charge is 2.40. The summed E-state index contributed by atoms with van der Waals surface area (Å²) in [6.07, 6.45) is 0.997. The van der Waals surface area contributed by atoms with Gasteiger partial charge in [-0.15, -0.1) is 0 Å². The molecule has 1 fully saturated rings. The summed E-state index contributed by atoms with van der Waals surface area (Å²) in [5.41, 5.74) is 0.642. The van der Waals surface area contributed by atoms with E-state index < -0.39 is 0 Å². The van der Waals surface area contributed by atoms with Gasteiger partial charge in [0.15, 0.2) is 5.78 Å². The molecule has 2 unspecified atom stereocenters. The summed E-state index contributed by atoms with van der Waals surface area (Å²) in [4.78, 5) is 11.9. The zero-order valence-electron chi connectivity index (χ0n) is 7.76. The molecule has 74 valence electrons. The predicted molar refractivity (Wildman–Crippen MR) is 60.8 cm³/mol. The Labute approximate surface area is 96.6 Å². The van der Waals surface area contributed by atoms with E-state index in [1.807, 2.05) is 12.1 Å². The van der Waals surface area contributed by atoms with E-state index in [2.05, 4.69) is 22.9 Å². The van der Waals surface area contributed by atoms with Crippen molar-refractivity contribution in [3.05, 3.63) is 33.3 Å². The van der Waals surface area contributed by atoms with E-state index in [9.17, 15) is 4.79 Å². The maximum Gasteiger partial charge on any atom is 0.168 e. The van der Waals surface area contributed by atoms with Crippen molar-refractivity contribution in [2.45, 2.75) is 13.3 Å². The normalized spacial score (nSPS) is 24.8. The molecule has 1 saturated carbocycles. The van der Waals surface area contributed by atoms with Crippen molar-refractivity contribution < 1.29 is 4.79 Å². The molecule has 0 heterocycles. The smallest absolute Gasteiger partial charge is 0.168 e. The van der Waals surface area contributed by atoms with Gasteiger partial charge in [-0.3, -0.25) is 4.79 Å². The Morgan fingerprint density at radius 2 is 2.21 bits per heavy atom. The topological polar surface area (TPSA) is 17.1 Å². The Hall–Kier alpha value is -0.340. The molecule has 1 nitrogen and oxygen atoms in total. The number of ketones is 1. The van der Waals surface area contributed by atoms with Crippen molar-refractivity contribution in [3.63, 3.8) is 0 Å². The molecular formula is C11H10BrClO. The van der Waals surface area contributed by atoms with Crippen molar-refractivity contribution in [1.29, 1.82) is 0 Å². The molecule has 0 N–H and O–H groups in total. The minimum absolute atomic E-state index is 0.176. The quantitative estimate of drug-likeness (QED) is 0.746. The van der Waals surface area contributed by atoms with Crippen LogP contribution >= 0.6 is 27.5 Å². The molecule has 0 aromatic heterocycles. The van der Waals surface area contributed by atoms with Gasteiger partial charge in [-0.2, -0.15) is 0 Å². The molecule has 0 amide bonds. The van der Waals surface area contributed by atoms with Crippen molar-refractivity contribution in [3.8, 4) is 0 Å². The van der Waals surface area contributed by atoms with Crippen molar-refractivity contribution in [1.82, 2.24) is 0 Å². The number of benzene rings is 1. The Balaban J connectivity index is 2.36. The van der Waals surface area contributed by atoms with Gasteiger partial charge in [-0.05, 0) is 40.4 Å². The van der Waals surface area contributed by atoms with Crippen LogP contribution < -0.4 is 0 Å². The fraction of sp³-hybridized carbons (Fsp3) is 0.364. The number of halogens is 2. The summed E-state index contributed by atoms with van der Waals surface area (Å²) < 4.78 is 0.800. The molecule has 0 radical (unpaired) electrons. The minimum Gasteiger partial charge on any atom is -0.294 e. The fourth-order valence-corrected chi connectivity index (χ4v) is 2.55. The van der Waals surface area contributed by atoms with E-state index in [-0.39, 0.29) is 11.7 Å². The predicted octanol–water partition coefficient (Wildman–Crippen LogP) is 3.94. The van der Waals surface area contributed by atoms with E-state index in [1.54, 1.807) is 6.07 Å². The zero-order chi connectivity index (χ0) is 10.3. The van der Waals surface area contributed by atoms with Crippen LogP contribution in [0.5, 0.6) is 0 Å². The monoisotopic (exact) mass is 272 g/mol. The maximum atomic E-state index is 11.9. The van der Waals surface area contributed by atoms with Crippen LogP contribution in [0.4, 0.5) is 0 Å². The third kappa shape index (κ3) is 1.73. The first-order valence-electron chi connectivity index (χ1n) is 4.59. The number of carbonyl (C=O) groups is 1. The van der Waals surface area contributed by atoms with Crippen LogP contribution in [0.3, 0.4) is 0 Å². The van der Waals surface area contributed by atoms with Crippen molar-refractivity contribution in [2.24, 2.45) is 11.8 Å². The van der Waals surface area contributed by atoms with E-state index in [4.69, 9.17) is 11.6 Å². The summed E-state index contributed by atoms with van der Waals surface area (Å²) in [5, 5.41) is 0.545. The van der Waals surface area contributed by atoms with Gasteiger partial charge in [0.25, 0.3) is 0 Å². The van der Waals surface area contributed by atoms with Crippen LogP contribution in [0.1, 0.15) is 23.7 Å². The molecule has 0 bridgehead atoms. The van der Waals surface area contributed by atoms with Gasteiger partial charge in [0.2, 0.25) is 0 Å². The number of hydrogen-bond donors (Lipinski definition) is 0. The van der Waals surface area contributed by atoms with Crippen LogP contribution in [0, 0.1) is 11.8 Å². The summed E-state index contributed by atoms with van der Waals surface area (Å²) >= 11 is 9.35. The molecule has 2 rings (SSSR count). The lowest BCUT2D eigenvalue weighted by molar-refractivity contribution is 0.0961. The summed E-state index contributed by atoms with van der Waals surface area (Å²) in [6, 6.07) is 5.44. The molecule has 1 aliphatic carbocycles. The van der Waals surface area contributed by atoms with Crippen molar-refractivity contribution >= 4 is 33.3 Å². The minimum atomic E-state index is 0.176. The summed E-state index contributed by atoms with van der Waals surface area (Å²) in [6.45, 7) is 2.09. The Morgan fingerprint density at radius 3 is 2.71 bits per heavy atom. The third-order valence-electron chi connectivity index (χ3n) is 2.66. The van der Waals surface area contributed by atoms with E-state index >= 15 is 0 Å². The second-order valence-corrected chi connectivity index (χ2v) is 5.04. The van der Waals surface area contributed by atoms with Gasteiger partial charge in [-0.25, -0.2) is 0 Å². The molecule has 0 spiro atoms. The first-order valence-corrected chi connectivity index (χ1v) is 5.76. The Bertz CT molecular complexity index is 369. The molecule has 1 aromatic rings. The number of hydrogen-bond acceptors (Lipinski definition) is 1. The molecule has 3 heteroatoms. The second kappa shape index (κ2) is 3.67. The van der Waals surface area contributed by atoms with Crippen LogP contribution in [-0.2, 0) is 0 Å². The SMILES string of the molecule is CC1CC1C(=O)c1c(Cl)cccc1Br. The van der Waals surface area contributed by atoms with Gasteiger partial charge in [0.05, 0.1) is 10.6 Å². The summed E-state index contributed by atoms with van der Waals surface area (Å²) in [7, 11) is 0. The molecule has 14 heavy (non-hydrogen) atoms. The van der Waals surface area contributed by atoms with E-state index in [0.717, 1.165) is 10.9 Å². The molecule has 1 aromatic carbocycles. The molecule has 1 aliphatic rings. The lowest BCUT2D eigenvalue weighted by atomic mass is 10.1. The average molecular weight is 274 g/mol. The lowest BCUT2D eigenvalue weighted by Gasteiger charge is -2.04. The van der Waals surface area contributed by atoms with Gasteiger partial charge >= 0.3 is 0 Å².